The zero-order valence-corrected chi connectivity index (χ0v) is 13.1. The number of nitrogens with zero attached hydrogens (tertiary/aromatic N) is 1. The minimum Gasteiger partial charge on any atom is -0.488 e. The second-order valence-corrected chi connectivity index (χ2v) is 5.35. The molecule has 4 nitrogen and oxygen atoms in total. The number of hydrogen-bond acceptors (Lipinski definition) is 4. The monoisotopic (exact) mass is 336 g/mol. The van der Waals surface area contributed by atoms with E-state index in [4.69, 9.17) is 15.2 Å². The van der Waals surface area contributed by atoms with Crippen molar-refractivity contribution in [2.45, 2.75) is 19.6 Å². The minimum absolute atomic E-state index is 0.0988. The molecule has 106 valence electrons. The van der Waals surface area contributed by atoms with Crippen molar-refractivity contribution < 1.29 is 9.47 Å². The van der Waals surface area contributed by atoms with Crippen LogP contribution in [0, 0.1) is 0 Å². The smallest absolute Gasteiger partial charge is 0.219 e. The summed E-state index contributed by atoms with van der Waals surface area (Å²) in [5.74, 6) is 1.35. The average molecular weight is 337 g/mol. The Hall–Kier alpha value is -1.59. The van der Waals surface area contributed by atoms with E-state index in [9.17, 15) is 0 Å². The lowest BCUT2D eigenvalue weighted by Crippen LogP contribution is -2.08. The lowest BCUT2D eigenvalue weighted by atomic mass is 10.1. The Balaban J connectivity index is 2.19. The first-order valence-electron chi connectivity index (χ1n) is 6.27. The van der Waals surface area contributed by atoms with Crippen LogP contribution in [0.25, 0.3) is 0 Å². The van der Waals surface area contributed by atoms with Crippen molar-refractivity contribution in [2.75, 3.05) is 7.11 Å². The molecule has 0 radical (unpaired) electrons. The normalized spacial score (nSPS) is 12.0. The van der Waals surface area contributed by atoms with Crippen molar-refractivity contribution in [3.8, 4) is 11.6 Å². The van der Waals surface area contributed by atoms with Gasteiger partial charge < -0.3 is 15.2 Å². The van der Waals surface area contributed by atoms with Crippen LogP contribution in [0.4, 0.5) is 0 Å². The number of hydrogen-bond donors (Lipinski definition) is 1. The molecule has 0 amide bonds. The van der Waals surface area contributed by atoms with Gasteiger partial charge in [-0.25, -0.2) is 4.98 Å². The Morgan fingerprint density at radius 1 is 1.35 bits per heavy atom. The topological polar surface area (TPSA) is 57.4 Å². The quantitative estimate of drug-likeness (QED) is 0.908. The molecule has 2 N–H and O–H groups in total. The second kappa shape index (κ2) is 6.72. The molecule has 1 atom stereocenters. The summed E-state index contributed by atoms with van der Waals surface area (Å²) in [5, 5.41) is 0. The van der Waals surface area contributed by atoms with E-state index in [1.807, 2.05) is 37.3 Å². The van der Waals surface area contributed by atoms with Gasteiger partial charge in [-0.15, -0.1) is 0 Å². The van der Waals surface area contributed by atoms with Crippen LogP contribution in [0.1, 0.15) is 24.1 Å². The van der Waals surface area contributed by atoms with Crippen LogP contribution in [0.3, 0.4) is 0 Å². The number of pyridine rings is 1. The van der Waals surface area contributed by atoms with Gasteiger partial charge in [0.2, 0.25) is 5.88 Å². The first-order chi connectivity index (χ1) is 9.61. The van der Waals surface area contributed by atoms with E-state index >= 15 is 0 Å². The van der Waals surface area contributed by atoms with Gasteiger partial charge in [0.1, 0.15) is 12.4 Å². The molecule has 0 saturated carbocycles. The fourth-order valence-electron chi connectivity index (χ4n) is 1.88. The van der Waals surface area contributed by atoms with Crippen LogP contribution < -0.4 is 15.2 Å². The van der Waals surface area contributed by atoms with Gasteiger partial charge in [0.15, 0.2) is 0 Å². The van der Waals surface area contributed by atoms with Gasteiger partial charge in [0, 0.05) is 22.3 Å². The molecule has 0 bridgehead atoms. The lowest BCUT2D eigenvalue weighted by Gasteiger charge is -2.15. The number of benzene rings is 1. The Labute approximate surface area is 127 Å². The van der Waals surface area contributed by atoms with Gasteiger partial charge in [0.05, 0.1) is 12.7 Å². The van der Waals surface area contributed by atoms with Crippen molar-refractivity contribution in [1.29, 1.82) is 0 Å². The molecule has 1 aromatic carbocycles. The van der Waals surface area contributed by atoms with Crippen molar-refractivity contribution in [2.24, 2.45) is 5.73 Å². The van der Waals surface area contributed by atoms with E-state index < -0.39 is 0 Å². The van der Waals surface area contributed by atoms with Crippen LogP contribution in [0.5, 0.6) is 11.6 Å². The van der Waals surface area contributed by atoms with Gasteiger partial charge in [-0.2, -0.15) is 0 Å². The fourth-order valence-corrected chi connectivity index (χ4v) is 2.26. The number of ether oxygens (including phenoxy) is 2. The van der Waals surface area contributed by atoms with E-state index in [1.165, 1.54) is 0 Å². The largest absolute Gasteiger partial charge is 0.488 e. The summed E-state index contributed by atoms with van der Waals surface area (Å²) in [6, 6.07) is 9.50. The Morgan fingerprint density at radius 3 is 2.85 bits per heavy atom. The van der Waals surface area contributed by atoms with E-state index in [0.29, 0.717) is 12.5 Å². The first kappa shape index (κ1) is 14.8. The van der Waals surface area contributed by atoms with Gasteiger partial charge >= 0.3 is 0 Å². The van der Waals surface area contributed by atoms with E-state index in [-0.39, 0.29) is 6.04 Å². The molecule has 0 saturated heterocycles. The molecular weight excluding hydrogens is 320 g/mol. The maximum absolute atomic E-state index is 5.97. The molecule has 1 aromatic heterocycles. The molecular formula is C15H17BrN2O2. The molecule has 1 heterocycles. The lowest BCUT2D eigenvalue weighted by molar-refractivity contribution is 0.290. The summed E-state index contributed by atoms with van der Waals surface area (Å²) in [7, 11) is 1.60. The van der Waals surface area contributed by atoms with Crippen LogP contribution in [0.15, 0.2) is 41.0 Å². The highest BCUT2D eigenvalue weighted by Gasteiger charge is 2.10. The van der Waals surface area contributed by atoms with Gasteiger partial charge in [-0.05, 0) is 37.3 Å². The molecule has 0 fully saturated rings. The molecule has 5 heteroatoms. The highest BCUT2D eigenvalue weighted by atomic mass is 79.9. The minimum atomic E-state index is -0.0988. The van der Waals surface area contributed by atoms with Gasteiger partial charge in [-0.1, -0.05) is 15.9 Å². The van der Waals surface area contributed by atoms with Crippen LogP contribution in [-0.4, -0.2) is 12.1 Å². The van der Waals surface area contributed by atoms with Gasteiger partial charge in [-0.3, -0.25) is 0 Å². The molecule has 2 aromatic rings. The first-order valence-corrected chi connectivity index (χ1v) is 7.07. The van der Waals surface area contributed by atoms with Crippen molar-refractivity contribution in [3.63, 3.8) is 0 Å². The van der Waals surface area contributed by atoms with Gasteiger partial charge in [0.25, 0.3) is 0 Å². The maximum Gasteiger partial charge on any atom is 0.219 e. The highest BCUT2D eigenvalue weighted by Crippen LogP contribution is 2.28. The standard InChI is InChI=1S/C15H17BrN2O2/c1-10(17)13-8-12(16)5-6-14(13)20-9-11-4-3-7-18-15(11)19-2/h3-8,10H,9,17H2,1-2H3. The molecule has 0 aliphatic carbocycles. The average Bonchev–Trinajstić information content (AvgIpc) is 2.46. The predicted molar refractivity (Wildman–Crippen MR) is 81.9 cm³/mol. The summed E-state index contributed by atoms with van der Waals surface area (Å²) in [6.45, 7) is 2.32. The molecule has 0 spiro atoms. The molecule has 2 rings (SSSR count). The summed E-state index contributed by atoms with van der Waals surface area (Å²) in [6.07, 6.45) is 1.69. The number of rotatable bonds is 5. The van der Waals surface area contributed by atoms with Crippen LogP contribution >= 0.6 is 15.9 Å². The molecule has 0 aliphatic heterocycles. The number of methoxy groups -OCH3 is 1. The fraction of sp³-hybridized carbons (Fsp3) is 0.267. The zero-order chi connectivity index (χ0) is 14.5. The number of aromatic nitrogens is 1. The Kier molecular flexibility index (Phi) is 4.98. The van der Waals surface area contributed by atoms with Crippen molar-refractivity contribution >= 4 is 15.9 Å². The summed E-state index contributed by atoms with van der Waals surface area (Å²) < 4.78 is 12.1. The van der Waals surface area contributed by atoms with Crippen molar-refractivity contribution in [3.05, 3.63) is 52.1 Å². The van der Waals surface area contributed by atoms with Crippen LogP contribution in [-0.2, 0) is 6.61 Å². The maximum atomic E-state index is 5.97. The van der Waals surface area contributed by atoms with Crippen molar-refractivity contribution in [1.82, 2.24) is 4.98 Å². The van der Waals surface area contributed by atoms with E-state index in [0.717, 1.165) is 21.3 Å². The number of halogens is 1. The molecule has 0 aliphatic rings. The third-order valence-electron chi connectivity index (χ3n) is 2.89. The second-order valence-electron chi connectivity index (χ2n) is 4.43. The third kappa shape index (κ3) is 3.49. The highest BCUT2D eigenvalue weighted by molar-refractivity contribution is 9.10. The predicted octanol–water partition coefficient (Wildman–Crippen LogP) is 3.45. The van der Waals surface area contributed by atoms with E-state index in [1.54, 1.807) is 13.3 Å². The molecule has 20 heavy (non-hydrogen) atoms. The Morgan fingerprint density at radius 2 is 2.15 bits per heavy atom. The molecule has 1 unspecified atom stereocenters. The zero-order valence-electron chi connectivity index (χ0n) is 11.5. The number of nitrogens with two attached hydrogens (primary N) is 1. The summed E-state index contributed by atoms with van der Waals surface area (Å²) in [5.41, 5.74) is 7.83. The van der Waals surface area contributed by atoms with E-state index in [2.05, 4.69) is 20.9 Å². The summed E-state index contributed by atoms with van der Waals surface area (Å²) in [4.78, 5) is 4.15. The Bertz CT molecular complexity index is 588. The van der Waals surface area contributed by atoms with Crippen LogP contribution in [0.2, 0.25) is 0 Å². The third-order valence-corrected chi connectivity index (χ3v) is 3.38. The SMILES string of the molecule is COc1ncccc1COc1ccc(Br)cc1C(C)N. The summed E-state index contributed by atoms with van der Waals surface area (Å²) >= 11 is 3.44.